The number of imide groups is 1. The van der Waals surface area contributed by atoms with E-state index in [2.05, 4.69) is 26.2 Å². The van der Waals surface area contributed by atoms with Gasteiger partial charge in [-0.1, -0.05) is 63.3 Å². The summed E-state index contributed by atoms with van der Waals surface area (Å²) in [5.41, 5.74) is -0.0682. The minimum absolute atomic E-state index is 0.0515. The predicted octanol–water partition coefficient (Wildman–Crippen LogP) is 6.03. The second kappa shape index (κ2) is 11.3. The van der Waals surface area contributed by atoms with Crippen molar-refractivity contribution in [2.45, 2.75) is 22.4 Å². The summed E-state index contributed by atoms with van der Waals surface area (Å²) in [6, 6.07) is 17.7. The van der Waals surface area contributed by atoms with E-state index in [-0.39, 0.29) is 16.3 Å². The molecule has 6 rings (SSSR count). The van der Waals surface area contributed by atoms with Crippen LogP contribution in [-0.2, 0) is 20.6 Å². The zero-order valence-corrected chi connectivity index (χ0v) is 24.9. The summed E-state index contributed by atoms with van der Waals surface area (Å²) in [7, 11) is 0. The van der Waals surface area contributed by atoms with Crippen LogP contribution in [0.4, 0.5) is 24.5 Å². The number of thioether (sulfide) groups is 1. The molecule has 14 heteroatoms. The van der Waals surface area contributed by atoms with Crippen LogP contribution < -0.4 is 19.8 Å². The number of alkyl halides is 3. The molecule has 0 radical (unpaired) electrons. The molecule has 2 aliphatic heterocycles. The number of fused-ring (bicyclic) bond motifs is 2. The topological polar surface area (TPSA) is 109 Å². The quantitative estimate of drug-likeness (QED) is 0.240. The van der Waals surface area contributed by atoms with Crippen LogP contribution in [0, 0.1) is 5.92 Å². The molecule has 220 valence electrons. The minimum atomic E-state index is -4.57. The van der Waals surface area contributed by atoms with Crippen molar-refractivity contribution in [2.75, 3.05) is 16.8 Å². The number of nitrogens with zero attached hydrogens (tertiary/aromatic N) is 1. The molecular weight excluding hydrogens is 671 g/mol. The first-order valence-electron chi connectivity index (χ1n) is 12.7. The second-order valence-electron chi connectivity index (χ2n) is 9.69. The van der Waals surface area contributed by atoms with E-state index in [9.17, 15) is 32.3 Å². The Labute approximate surface area is 258 Å². The number of rotatable bonds is 6. The van der Waals surface area contributed by atoms with E-state index in [0.29, 0.717) is 25.6 Å². The van der Waals surface area contributed by atoms with Gasteiger partial charge in [0.15, 0.2) is 6.61 Å². The van der Waals surface area contributed by atoms with Gasteiger partial charge in [-0.3, -0.25) is 19.2 Å². The van der Waals surface area contributed by atoms with Gasteiger partial charge < -0.3 is 15.0 Å². The number of carbonyl (C=O) groups excluding carboxylic acids is 3. The van der Waals surface area contributed by atoms with Gasteiger partial charge in [-0.25, -0.2) is 4.90 Å². The number of nitrogens with one attached hydrogen (secondary N) is 2. The number of benzene rings is 3. The largest absolute Gasteiger partial charge is 0.483 e. The van der Waals surface area contributed by atoms with Gasteiger partial charge in [0.1, 0.15) is 11.0 Å². The van der Waals surface area contributed by atoms with Gasteiger partial charge in [0.05, 0.1) is 22.2 Å². The maximum absolute atomic E-state index is 13.9. The molecule has 4 aromatic rings. The third kappa shape index (κ3) is 5.61. The summed E-state index contributed by atoms with van der Waals surface area (Å²) in [6.45, 7) is -0.556. The van der Waals surface area contributed by atoms with E-state index in [1.165, 1.54) is 12.1 Å². The molecule has 2 N–H and O–H groups in total. The summed E-state index contributed by atoms with van der Waals surface area (Å²) in [6.07, 6.45) is -4.57. The van der Waals surface area contributed by atoms with E-state index in [1.807, 2.05) is 0 Å². The molecule has 0 aliphatic carbocycles. The number of anilines is 2. The van der Waals surface area contributed by atoms with Crippen molar-refractivity contribution in [1.29, 1.82) is 0 Å². The lowest BCUT2D eigenvalue weighted by molar-refractivity contribution is -0.137. The Bertz CT molecular complexity index is 1810. The highest BCUT2D eigenvalue weighted by atomic mass is 79.9. The molecule has 2 aliphatic rings. The number of aromatic amines is 1. The summed E-state index contributed by atoms with van der Waals surface area (Å²) in [5, 5.41) is 2.05. The number of carbonyl (C=O) groups is 3. The predicted molar refractivity (Wildman–Crippen MR) is 159 cm³/mol. The first-order chi connectivity index (χ1) is 20.5. The molecule has 1 fully saturated rings. The Morgan fingerprint density at radius 1 is 1.00 bits per heavy atom. The molecule has 8 nitrogen and oxygen atoms in total. The first kappa shape index (κ1) is 29.2. The highest BCUT2D eigenvalue weighted by Crippen LogP contribution is 2.54. The average molecular weight is 691 g/mol. The molecule has 0 unspecified atom stereocenters. The first-order valence-corrected chi connectivity index (χ1v) is 15.2. The number of halogens is 4. The Kier molecular flexibility index (Phi) is 7.69. The lowest BCUT2D eigenvalue weighted by atomic mass is 9.82. The van der Waals surface area contributed by atoms with Crippen LogP contribution in [0.3, 0.4) is 0 Å². The molecule has 1 saturated heterocycles. The number of para-hydroxylation sites is 1. The molecule has 43 heavy (non-hydrogen) atoms. The number of thiazole rings is 1. The summed E-state index contributed by atoms with van der Waals surface area (Å²) >= 11 is 5.51. The van der Waals surface area contributed by atoms with Crippen LogP contribution in [0.2, 0.25) is 0 Å². The van der Waals surface area contributed by atoms with Crippen LogP contribution in [0.25, 0.3) is 0 Å². The Hall–Kier alpha value is -3.88. The number of ether oxygens (including phenoxy) is 1. The summed E-state index contributed by atoms with van der Waals surface area (Å²) in [4.78, 5) is 56.8. The van der Waals surface area contributed by atoms with E-state index in [1.54, 1.807) is 48.5 Å². The van der Waals surface area contributed by atoms with Gasteiger partial charge in [-0.05, 0) is 48.5 Å². The van der Waals surface area contributed by atoms with Gasteiger partial charge in [0, 0.05) is 26.5 Å². The number of amides is 3. The maximum atomic E-state index is 13.9. The zero-order chi connectivity index (χ0) is 30.5. The monoisotopic (exact) mass is 689 g/mol. The Balaban J connectivity index is 1.32. The second-order valence-corrected chi connectivity index (χ2v) is 12.8. The SMILES string of the molecule is O=C(COc1ccc(Br)cc1[C@@H]1c2sc(=O)[nH]c2S[C@H]2C(=O)N(c3ccccc3)C(=O)[C@@H]12)Nc1cccc(C(F)(F)F)c1. The fourth-order valence-electron chi connectivity index (χ4n) is 5.19. The van der Waals surface area contributed by atoms with E-state index in [0.717, 1.165) is 40.1 Å². The third-order valence-electron chi connectivity index (χ3n) is 6.98. The van der Waals surface area contributed by atoms with Gasteiger partial charge in [0.25, 0.3) is 5.91 Å². The van der Waals surface area contributed by atoms with Crippen molar-refractivity contribution >= 4 is 68.1 Å². The molecule has 0 spiro atoms. The molecule has 3 aromatic carbocycles. The average Bonchev–Trinajstić information content (AvgIpc) is 3.46. The van der Waals surface area contributed by atoms with E-state index >= 15 is 0 Å². The molecular formula is C29H19BrF3N3O5S2. The van der Waals surface area contributed by atoms with Crippen LogP contribution >= 0.6 is 39.0 Å². The highest BCUT2D eigenvalue weighted by Gasteiger charge is 2.56. The van der Waals surface area contributed by atoms with Crippen molar-refractivity contribution in [3.63, 3.8) is 0 Å². The number of hydrogen-bond acceptors (Lipinski definition) is 7. The Morgan fingerprint density at radius 2 is 1.77 bits per heavy atom. The zero-order valence-electron chi connectivity index (χ0n) is 21.7. The van der Waals surface area contributed by atoms with Gasteiger partial charge in [-0.15, -0.1) is 0 Å². The molecule has 0 saturated carbocycles. The van der Waals surface area contributed by atoms with Crippen molar-refractivity contribution in [3.8, 4) is 5.75 Å². The lowest BCUT2D eigenvalue weighted by Gasteiger charge is -2.31. The molecule has 0 bridgehead atoms. The highest BCUT2D eigenvalue weighted by molar-refractivity contribution is 9.10. The standard InChI is InChI=1S/C29H19BrF3N3O5S2/c30-15-9-10-19(41-13-20(37)34-16-6-4-5-14(11-16)29(31,32)33)18(12-15)21-22-24(42-25-23(21)43-28(40)35-25)27(39)36(26(22)38)17-7-2-1-3-8-17/h1-12,21-22,24H,13H2,(H,34,37)(H,35,40)/t21-,22-,24+/m0/s1. The van der Waals surface area contributed by atoms with Gasteiger partial charge in [0.2, 0.25) is 11.8 Å². The molecule has 1 aromatic heterocycles. The lowest BCUT2D eigenvalue weighted by Crippen LogP contribution is -2.32. The molecule has 3 amide bonds. The smallest absolute Gasteiger partial charge is 0.416 e. The number of hydrogen-bond donors (Lipinski definition) is 2. The van der Waals surface area contributed by atoms with Crippen molar-refractivity contribution < 1.29 is 32.3 Å². The Morgan fingerprint density at radius 3 is 2.51 bits per heavy atom. The van der Waals surface area contributed by atoms with Crippen LogP contribution in [-0.4, -0.2) is 34.6 Å². The fraction of sp³-hybridized carbons (Fsp3) is 0.172. The van der Waals surface area contributed by atoms with Crippen LogP contribution in [0.5, 0.6) is 5.75 Å². The maximum Gasteiger partial charge on any atom is 0.416 e. The normalized spacial score (nSPS) is 19.6. The molecule has 3 atom stereocenters. The van der Waals surface area contributed by atoms with Crippen molar-refractivity contribution in [2.24, 2.45) is 5.92 Å². The number of aromatic nitrogens is 1. The van der Waals surface area contributed by atoms with Gasteiger partial charge >= 0.3 is 11.0 Å². The third-order valence-corrected chi connectivity index (χ3v) is 9.87. The van der Waals surface area contributed by atoms with Crippen molar-refractivity contribution in [3.05, 3.63) is 103 Å². The molecule has 3 heterocycles. The van der Waals surface area contributed by atoms with Crippen LogP contribution in [0.1, 0.15) is 21.9 Å². The minimum Gasteiger partial charge on any atom is -0.483 e. The van der Waals surface area contributed by atoms with E-state index in [4.69, 9.17) is 4.74 Å². The van der Waals surface area contributed by atoms with Crippen molar-refractivity contribution in [1.82, 2.24) is 4.98 Å². The fourth-order valence-corrected chi connectivity index (χ4v) is 8.08. The summed E-state index contributed by atoms with van der Waals surface area (Å²) in [5.74, 6) is -2.99. The summed E-state index contributed by atoms with van der Waals surface area (Å²) < 4.78 is 45.8. The van der Waals surface area contributed by atoms with Crippen LogP contribution in [0.15, 0.2) is 87.1 Å². The van der Waals surface area contributed by atoms with Gasteiger partial charge in [-0.2, -0.15) is 13.2 Å². The number of H-pyrrole nitrogens is 1. The van der Waals surface area contributed by atoms with E-state index < -0.39 is 53.2 Å².